The second-order valence-electron chi connectivity index (χ2n) is 6.98. The Morgan fingerprint density at radius 1 is 0.969 bits per heavy atom. The fourth-order valence-corrected chi connectivity index (χ4v) is 5.18. The van der Waals surface area contributed by atoms with E-state index in [0.29, 0.717) is 60.3 Å². The largest absolute Gasteiger partial charge is 0.493 e. The van der Waals surface area contributed by atoms with Gasteiger partial charge in [0, 0.05) is 42.1 Å². The van der Waals surface area contributed by atoms with Gasteiger partial charge in [-0.1, -0.05) is 15.9 Å². The molecular formula is C20H23BrClN5O4S. The van der Waals surface area contributed by atoms with Crippen molar-refractivity contribution in [3.8, 4) is 11.5 Å². The number of sulfonamides is 1. The first kappa shape index (κ1) is 24.3. The molecule has 1 aromatic heterocycles. The van der Waals surface area contributed by atoms with Crippen molar-refractivity contribution in [2.45, 2.75) is 4.90 Å². The van der Waals surface area contributed by atoms with Gasteiger partial charge in [-0.25, -0.2) is 13.4 Å². The number of piperazine rings is 1. The molecule has 12 heteroatoms. The molecule has 0 amide bonds. The number of nitrogen functional groups attached to an aromatic ring is 1. The zero-order valence-corrected chi connectivity index (χ0v) is 20.7. The number of halogens is 2. The van der Waals surface area contributed by atoms with Gasteiger partial charge in [0.15, 0.2) is 11.5 Å². The summed E-state index contributed by atoms with van der Waals surface area (Å²) >= 11 is 3.33. The van der Waals surface area contributed by atoms with Crippen molar-refractivity contribution in [2.24, 2.45) is 0 Å². The fraction of sp³-hybridized carbons (Fsp3) is 0.300. The van der Waals surface area contributed by atoms with Gasteiger partial charge in [0.2, 0.25) is 16.0 Å². The number of anilines is 2. The number of hydrogen-bond acceptors (Lipinski definition) is 8. The molecule has 9 nitrogen and oxygen atoms in total. The van der Waals surface area contributed by atoms with Crippen LogP contribution in [0.25, 0.3) is 10.9 Å². The van der Waals surface area contributed by atoms with Crippen LogP contribution in [-0.2, 0) is 10.0 Å². The first-order valence-corrected chi connectivity index (χ1v) is 11.8. The first-order valence-electron chi connectivity index (χ1n) is 9.53. The third-order valence-corrected chi connectivity index (χ3v) is 7.63. The molecule has 1 saturated heterocycles. The van der Waals surface area contributed by atoms with Crippen LogP contribution in [0.4, 0.5) is 11.8 Å². The van der Waals surface area contributed by atoms with Crippen molar-refractivity contribution in [1.82, 2.24) is 14.3 Å². The van der Waals surface area contributed by atoms with Crippen LogP contribution in [0, 0.1) is 0 Å². The molecule has 1 fully saturated rings. The van der Waals surface area contributed by atoms with E-state index in [-0.39, 0.29) is 17.3 Å². The summed E-state index contributed by atoms with van der Waals surface area (Å²) in [5, 5.41) is 0.665. The average molecular weight is 545 g/mol. The normalized spacial score (nSPS) is 14.8. The average Bonchev–Trinajstić information content (AvgIpc) is 2.78. The highest BCUT2D eigenvalue weighted by atomic mass is 79.9. The number of methoxy groups -OCH3 is 2. The smallest absolute Gasteiger partial charge is 0.243 e. The van der Waals surface area contributed by atoms with Crippen molar-refractivity contribution in [1.29, 1.82) is 0 Å². The van der Waals surface area contributed by atoms with Gasteiger partial charge in [0.05, 0.1) is 24.6 Å². The van der Waals surface area contributed by atoms with E-state index in [2.05, 4.69) is 25.9 Å². The Kier molecular flexibility index (Phi) is 7.33. The molecule has 2 aromatic carbocycles. The van der Waals surface area contributed by atoms with Crippen LogP contribution < -0.4 is 20.1 Å². The van der Waals surface area contributed by atoms with E-state index in [1.807, 2.05) is 4.90 Å². The second kappa shape index (κ2) is 9.65. The summed E-state index contributed by atoms with van der Waals surface area (Å²) in [6.45, 7) is 1.55. The molecule has 3 aromatic rings. The second-order valence-corrected chi connectivity index (χ2v) is 9.83. The van der Waals surface area contributed by atoms with Gasteiger partial charge in [-0.05, 0) is 30.3 Å². The highest BCUT2D eigenvalue weighted by Crippen LogP contribution is 2.34. The van der Waals surface area contributed by atoms with Crippen LogP contribution in [0.2, 0.25) is 0 Å². The van der Waals surface area contributed by atoms with Gasteiger partial charge in [-0.2, -0.15) is 9.29 Å². The Bertz CT molecular complexity index is 1220. The molecule has 2 heterocycles. The van der Waals surface area contributed by atoms with Crippen molar-refractivity contribution in [3.63, 3.8) is 0 Å². The van der Waals surface area contributed by atoms with Crippen molar-refractivity contribution >= 4 is 61.0 Å². The maximum atomic E-state index is 12.9. The van der Waals surface area contributed by atoms with Crippen LogP contribution >= 0.6 is 28.3 Å². The Morgan fingerprint density at radius 2 is 1.56 bits per heavy atom. The summed E-state index contributed by atoms with van der Waals surface area (Å²) in [5.74, 6) is 1.87. The van der Waals surface area contributed by atoms with Crippen molar-refractivity contribution < 1.29 is 17.9 Å². The molecular weight excluding hydrogens is 522 g/mol. The highest BCUT2D eigenvalue weighted by Gasteiger charge is 2.29. The summed E-state index contributed by atoms with van der Waals surface area (Å²) in [7, 11) is -0.446. The molecule has 2 N–H and O–H groups in total. The van der Waals surface area contributed by atoms with Gasteiger partial charge in [0.1, 0.15) is 5.82 Å². The number of nitrogens with zero attached hydrogens (tertiary/aromatic N) is 4. The molecule has 0 unspecified atom stereocenters. The Morgan fingerprint density at radius 3 is 2.16 bits per heavy atom. The summed E-state index contributed by atoms with van der Waals surface area (Å²) in [5.41, 5.74) is 6.81. The Hall–Kier alpha value is -2.34. The summed E-state index contributed by atoms with van der Waals surface area (Å²) in [6, 6.07) is 10.1. The lowest BCUT2D eigenvalue weighted by atomic mass is 10.2. The number of ether oxygens (including phenoxy) is 2. The molecule has 0 bridgehead atoms. The van der Waals surface area contributed by atoms with E-state index in [1.54, 1.807) is 50.6 Å². The maximum Gasteiger partial charge on any atom is 0.243 e. The highest BCUT2D eigenvalue weighted by molar-refractivity contribution is 9.10. The standard InChI is InChI=1S/C20H22BrN5O4S.ClH/c1-29-17-11-15-16(12-18(17)30-2)23-20(24-19(15)22)25-7-9-26(10-8-25)31(27,28)14-5-3-13(21)4-6-14;/h3-6,11-12H,7-10H2,1-2H3,(H2,22,23,24);1H. The number of fused-ring (bicyclic) bond motifs is 1. The number of hydrogen-bond donors (Lipinski definition) is 1. The molecule has 1 aliphatic heterocycles. The summed E-state index contributed by atoms with van der Waals surface area (Å²) in [6.07, 6.45) is 0. The SMILES string of the molecule is COc1cc2nc(N3CCN(S(=O)(=O)c4ccc(Br)cc4)CC3)nc(N)c2cc1OC.Cl. The third kappa shape index (κ3) is 4.56. The van der Waals surface area contributed by atoms with E-state index in [0.717, 1.165) is 4.47 Å². The van der Waals surface area contributed by atoms with Gasteiger partial charge in [-0.15, -0.1) is 12.4 Å². The Balaban J connectivity index is 0.00000289. The number of nitrogens with two attached hydrogens (primary N) is 1. The van der Waals surface area contributed by atoms with Gasteiger partial charge in [-0.3, -0.25) is 0 Å². The van der Waals surface area contributed by atoms with Crippen LogP contribution in [0.3, 0.4) is 0 Å². The minimum absolute atomic E-state index is 0. The minimum Gasteiger partial charge on any atom is -0.493 e. The first-order chi connectivity index (χ1) is 14.8. The van der Waals surface area contributed by atoms with Gasteiger partial charge in [0.25, 0.3) is 0 Å². The topological polar surface area (TPSA) is 111 Å². The Labute approximate surface area is 201 Å². The molecule has 0 atom stereocenters. The van der Waals surface area contributed by atoms with Crippen LogP contribution in [0.5, 0.6) is 11.5 Å². The molecule has 0 aliphatic carbocycles. The summed E-state index contributed by atoms with van der Waals surface area (Å²) < 4.78 is 38.8. The fourth-order valence-electron chi connectivity index (χ4n) is 3.49. The van der Waals surface area contributed by atoms with E-state index in [1.165, 1.54) is 4.31 Å². The lowest BCUT2D eigenvalue weighted by Crippen LogP contribution is -2.49. The third-order valence-electron chi connectivity index (χ3n) is 5.19. The van der Waals surface area contributed by atoms with Crippen LogP contribution in [0.15, 0.2) is 45.8 Å². The quantitative estimate of drug-likeness (QED) is 0.522. The predicted octanol–water partition coefficient (Wildman–Crippen LogP) is 2.92. The number of benzene rings is 2. The van der Waals surface area contributed by atoms with Gasteiger partial charge < -0.3 is 20.1 Å². The zero-order chi connectivity index (χ0) is 22.2. The lowest BCUT2D eigenvalue weighted by Gasteiger charge is -2.34. The molecule has 1 aliphatic rings. The monoisotopic (exact) mass is 543 g/mol. The molecule has 172 valence electrons. The summed E-state index contributed by atoms with van der Waals surface area (Å²) in [4.78, 5) is 11.3. The predicted molar refractivity (Wildman–Crippen MR) is 129 cm³/mol. The molecule has 0 saturated carbocycles. The lowest BCUT2D eigenvalue weighted by molar-refractivity contribution is 0.356. The molecule has 4 rings (SSSR count). The minimum atomic E-state index is -3.55. The van der Waals surface area contributed by atoms with E-state index < -0.39 is 10.0 Å². The maximum absolute atomic E-state index is 12.9. The van der Waals surface area contributed by atoms with Gasteiger partial charge >= 0.3 is 0 Å². The number of rotatable bonds is 5. The van der Waals surface area contributed by atoms with Crippen molar-refractivity contribution in [2.75, 3.05) is 51.0 Å². The van der Waals surface area contributed by atoms with Crippen molar-refractivity contribution in [3.05, 3.63) is 40.9 Å². The zero-order valence-electron chi connectivity index (χ0n) is 17.5. The van der Waals surface area contributed by atoms with E-state index >= 15 is 0 Å². The van der Waals surface area contributed by atoms with Crippen LogP contribution in [0.1, 0.15) is 0 Å². The van der Waals surface area contributed by atoms with E-state index in [4.69, 9.17) is 15.2 Å². The molecule has 32 heavy (non-hydrogen) atoms. The molecule has 0 radical (unpaired) electrons. The number of aromatic nitrogens is 2. The van der Waals surface area contributed by atoms with E-state index in [9.17, 15) is 8.42 Å². The molecule has 0 spiro atoms. The van der Waals surface area contributed by atoms with Crippen LogP contribution in [-0.4, -0.2) is 63.1 Å².